The van der Waals surface area contributed by atoms with Crippen LogP contribution in [-0.4, -0.2) is 70.7 Å². The minimum Gasteiger partial charge on any atom is -0.481 e. The molecule has 12 heteroatoms. The molecule has 0 atom stereocenters. The van der Waals surface area contributed by atoms with Crippen molar-refractivity contribution in [3.8, 4) is 23.0 Å². The Morgan fingerprint density at radius 1 is 0.393 bits per heavy atom. The van der Waals surface area contributed by atoms with Crippen LogP contribution in [0.3, 0.4) is 0 Å². The van der Waals surface area contributed by atoms with Crippen LogP contribution in [0.25, 0.3) is 24.3 Å². The van der Waals surface area contributed by atoms with Gasteiger partial charge in [-0.1, -0.05) is 50.6 Å². The van der Waals surface area contributed by atoms with Gasteiger partial charge in [0.05, 0.1) is 0 Å². The molecule has 288 valence electrons. The summed E-state index contributed by atoms with van der Waals surface area (Å²) in [5.74, 6) is -3.94. The van der Waals surface area contributed by atoms with E-state index in [9.17, 15) is 39.6 Å². The Balaban J connectivity index is 1.93. The van der Waals surface area contributed by atoms with Crippen molar-refractivity contribution in [1.82, 2.24) is 0 Å². The summed E-state index contributed by atoms with van der Waals surface area (Å²) in [7, 11) is 0. The molecule has 0 saturated carbocycles. The van der Waals surface area contributed by atoms with Gasteiger partial charge in [-0.05, 0) is 115 Å². The number of rotatable bonds is 16. The number of carboxylic acids is 4. The molecule has 4 aromatic carbocycles. The Morgan fingerprint density at radius 2 is 0.554 bits per heavy atom. The predicted molar refractivity (Wildman–Crippen MR) is 210 cm³/mol. The molecule has 0 amide bonds. The third-order valence-corrected chi connectivity index (χ3v) is 8.89. The van der Waals surface area contributed by atoms with Crippen molar-refractivity contribution in [2.24, 2.45) is 0 Å². The number of hydrogen-bond acceptors (Lipinski definition) is 8. The average Bonchev–Trinajstić information content (AvgIpc) is 3.15. The van der Waals surface area contributed by atoms with Gasteiger partial charge in [0.25, 0.3) is 0 Å². The van der Waals surface area contributed by atoms with Crippen molar-refractivity contribution < 1.29 is 58.6 Å². The first kappa shape index (κ1) is 40.1. The van der Waals surface area contributed by atoms with Crippen LogP contribution in [-0.2, 0) is 44.9 Å². The zero-order valence-electron chi connectivity index (χ0n) is 30.5. The summed E-state index contributed by atoms with van der Waals surface area (Å²) < 4.78 is 24.0. The Hall–Kier alpha value is -7.08. The Bertz CT molecular complexity index is 1850. The molecule has 0 heterocycles. The molecule has 0 unspecified atom stereocenters. The van der Waals surface area contributed by atoms with Crippen molar-refractivity contribution in [2.45, 2.75) is 25.7 Å². The molecule has 4 aromatic rings. The summed E-state index contributed by atoms with van der Waals surface area (Å²) in [6, 6.07) is 14.2. The highest BCUT2D eigenvalue weighted by Gasteiger charge is 2.25. The molecule has 0 spiro atoms. The SMILES string of the molecule is C=Cc1cc2c(OCC(=O)O)c(c1)Cc1cc(C=C)cc(c1OCC(=O)O)Cc1cc(C=C)cc(c1OCC(=O)O)Cc1cc(C=C)cc(c1OCC(=O)O)C2. The third-order valence-electron chi connectivity index (χ3n) is 8.89. The molecule has 8 bridgehead atoms. The number of hydrogen-bond donors (Lipinski definition) is 4. The lowest BCUT2D eigenvalue weighted by molar-refractivity contribution is -0.140. The fourth-order valence-corrected chi connectivity index (χ4v) is 6.75. The van der Waals surface area contributed by atoms with E-state index in [0.717, 1.165) is 0 Å². The number of fused-ring (bicyclic) bond motifs is 8. The third kappa shape index (κ3) is 9.71. The molecular formula is C44H40O12. The van der Waals surface area contributed by atoms with Gasteiger partial charge >= 0.3 is 23.9 Å². The first-order valence-corrected chi connectivity index (χ1v) is 17.3. The molecule has 1 aliphatic carbocycles. The van der Waals surface area contributed by atoms with Crippen LogP contribution in [0, 0.1) is 0 Å². The van der Waals surface area contributed by atoms with E-state index >= 15 is 0 Å². The van der Waals surface area contributed by atoms with E-state index in [4.69, 9.17) is 18.9 Å². The molecule has 0 radical (unpaired) electrons. The molecule has 56 heavy (non-hydrogen) atoms. The molecule has 0 fully saturated rings. The standard InChI is InChI=1S/C44H40O12/c1-5-25-9-29-17-31-11-26(6-2)13-33(42(31)54-22-38(47)48)19-35-15-28(8-4)16-36(44(35)56-24-40(51)52)20-34-14-27(7-3)12-32(43(34)55-23-39(49)50)18-30(10-25)41(29)53-21-37(45)46/h5-16H,1-4,17-24H2,(H,45,46)(H,47,48)(H,49,50)(H,51,52). The van der Waals surface area contributed by atoms with Gasteiger partial charge in [-0.25, -0.2) is 19.2 Å². The number of carboxylic acid groups (broad SMARTS) is 4. The summed E-state index contributed by atoms with van der Waals surface area (Å²) in [5.41, 5.74) is 6.81. The van der Waals surface area contributed by atoms with Crippen molar-refractivity contribution >= 4 is 48.2 Å². The normalized spacial score (nSPS) is 11.7. The zero-order chi connectivity index (χ0) is 40.5. The fraction of sp³-hybridized carbons (Fsp3) is 0.182. The summed E-state index contributed by atoms with van der Waals surface area (Å²) in [6.07, 6.45) is 6.74. The van der Waals surface area contributed by atoms with Crippen molar-refractivity contribution in [3.63, 3.8) is 0 Å². The molecule has 1 aliphatic rings. The first-order chi connectivity index (χ1) is 26.8. The zero-order valence-corrected chi connectivity index (χ0v) is 30.5. The smallest absolute Gasteiger partial charge is 0.341 e. The van der Waals surface area contributed by atoms with E-state index in [1.807, 2.05) is 0 Å². The van der Waals surface area contributed by atoms with Crippen molar-refractivity contribution in [3.05, 3.63) is 142 Å². The van der Waals surface area contributed by atoms with Crippen molar-refractivity contribution in [1.29, 1.82) is 0 Å². The second-order valence-electron chi connectivity index (χ2n) is 12.9. The lowest BCUT2D eigenvalue weighted by atomic mass is 9.88. The molecule has 0 saturated heterocycles. The second-order valence-corrected chi connectivity index (χ2v) is 12.9. The van der Waals surface area contributed by atoms with Crippen LogP contribution < -0.4 is 18.9 Å². The Labute approximate surface area is 322 Å². The molecule has 0 aromatic heterocycles. The van der Waals surface area contributed by atoms with E-state index in [1.165, 1.54) is 0 Å². The highest BCUT2D eigenvalue weighted by molar-refractivity contribution is 5.72. The summed E-state index contributed by atoms with van der Waals surface area (Å²) in [6.45, 7) is 13.1. The summed E-state index contributed by atoms with van der Waals surface area (Å²) in [5, 5.41) is 38.8. The Morgan fingerprint density at radius 3 is 0.679 bits per heavy atom. The highest BCUT2D eigenvalue weighted by atomic mass is 16.5. The van der Waals surface area contributed by atoms with E-state index in [2.05, 4.69) is 26.3 Å². The van der Waals surface area contributed by atoms with Crippen LogP contribution in [0.15, 0.2) is 74.8 Å². The second kappa shape index (κ2) is 17.8. The number of aliphatic carboxylic acids is 4. The Kier molecular flexibility index (Phi) is 12.8. The largest absolute Gasteiger partial charge is 0.481 e. The molecule has 12 nitrogen and oxygen atoms in total. The van der Waals surface area contributed by atoms with Crippen LogP contribution in [0.4, 0.5) is 0 Å². The van der Waals surface area contributed by atoms with Crippen LogP contribution in [0.1, 0.15) is 66.8 Å². The van der Waals surface area contributed by atoms with Gasteiger partial charge in [-0.2, -0.15) is 0 Å². The van der Waals surface area contributed by atoms with Crippen LogP contribution >= 0.6 is 0 Å². The van der Waals surface area contributed by atoms with Crippen LogP contribution in [0.5, 0.6) is 23.0 Å². The van der Waals surface area contributed by atoms with Gasteiger partial charge in [-0.3, -0.25) is 0 Å². The maximum atomic E-state index is 11.9. The lowest BCUT2D eigenvalue weighted by Gasteiger charge is -2.23. The lowest BCUT2D eigenvalue weighted by Crippen LogP contribution is -2.16. The topological polar surface area (TPSA) is 186 Å². The van der Waals surface area contributed by atoms with Crippen molar-refractivity contribution in [2.75, 3.05) is 26.4 Å². The minimum absolute atomic E-state index is 0.0634. The van der Waals surface area contributed by atoms with E-state index in [0.29, 0.717) is 66.8 Å². The maximum Gasteiger partial charge on any atom is 0.341 e. The summed E-state index contributed by atoms with van der Waals surface area (Å²) in [4.78, 5) is 47.6. The fourth-order valence-electron chi connectivity index (χ4n) is 6.75. The van der Waals surface area contributed by atoms with E-state index < -0.39 is 50.3 Å². The molecule has 0 aliphatic heterocycles. The highest BCUT2D eigenvalue weighted by Crippen LogP contribution is 2.41. The van der Waals surface area contributed by atoms with E-state index in [-0.39, 0.29) is 48.7 Å². The maximum absolute atomic E-state index is 11.9. The number of benzene rings is 4. The van der Waals surface area contributed by atoms with Crippen LogP contribution in [0.2, 0.25) is 0 Å². The van der Waals surface area contributed by atoms with Gasteiger partial charge in [0.1, 0.15) is 23.0 Å². The average molecular weight is 761 g/mol. The molecule has 5 rings (SSSR count). The predicted octanol–water partition coefficient (Wildman–Crippen LogP) is 6.79. The quantitative estimate of drug-likeness (QED) is 0.0827. The van der Waals surface area contributed by atoms with Gasteiger partial charge in [0.2, 0.25) is 0 Å². The van der Waals surface area contributed by atoms with Gasteiger partial charge < -0.3 is 39.4 Å². The van der Waals surface area contributed by atoms with Gasteiger partial charge in [0.15, 0.2) is 26.4 Å². The first-order valence-electron chi connectivity index (χ1n) is 17.3. The monoisotopic (exact) mass is 760 g/mol. The van der Waals surface area contributed by atoms with Gasteiger partial charge in [0, 0.05) is 25.7 Å². The molecular weight excluding hydrogens is 720 g/mol. The summed E-state index contributed by atoms with van der Waals surface area (Å²) >= 11 is 0. The minimum atomic E-state index is -1.22. The number of carbonyl (C=O) groups is 4. The van der Waals surface area contributed by atoms with Gasteiger partial charge in [-0.15, -0.1) is 0 Å². The number of ether oxygens (including phenoxy) is 4. The molecule has 4 N–H and O–H groups in total. The van der Waals surface area contributed by atoms with E-state index in [1.54, 1.807) is 72.8 Å².